The second kappa shape index (κ2) is 7.69. The summed E-state index contributed by atoms with van der Waals surface area (Å²) in [5.41, 5.74) is 1.25. The third kappa shape index (κ3) is 4.02. The quantitative estimate of drug-likeness (QED) is 0.469. The maximum Gasteiger partial charge on any atom is 1.00 e. The van der Waals surface area contributed by atoms with Gasteiger partial charge < -0.3 is 14.6 Å². The molecule has 0 unspecified atom stereocenters. The van der Waals surface area contributed by atoms with Crippen LogP contribution in [-0.4, -0.2) is 13.4 Å². The number of aryl methyl sites for hydroxylation is 1. The Balaban J connectivity index is 0.00000128. The third-order valence-corrected chi connectivity index (χ3v) is 2.55. The number of rotatable bonds is 5. The largest absolute Gasteiger partial charge is 1.00 e. The molecule has 1 heterocycles. The first kappa shape index (κ1) is 14.5. The maximum absolute atomic E-state index is 10.3. The van der Waals surface area contributed by atoms with Crippen molar-refractivity contribution in [3.05, 3.63) is 23.8 Å². The second-order valence-corrected chi connectivity index (χ2v) is 3.70. The minimum absolute atomic E-state index is 0. The molecule has 1 aromatic carbocycles. The van der Waals surface area contributed by atoms with E-state index in [1.165, 1.54) is 5.56 Å². The van der Waals surface area contributed by atoms with Crippen molar-refractivity contribution < 1.29 is 66.0 Å². The van der Waals surface area contributed by atoms with Crippen LogP contribution in [0, 0.1) is 0 Å². The van der Waals surface area contributed by atoms with Gasteiger partial charge in [0.25, 0.3) is 0 Å². The van der Waals surface area contributed by atoms with Crippen LogP contribution in [0.25, 0.3) is 0 Å². The molecule has 1 aromatic rings. The summed E-state index contributed by atoms with van der Waals surface area (Å²) in [6, 6.07) is 6.04. The van der Waals surface area contributed by atoms with Crippen LogP contribution in [0.3, 0.4) is 0 Å². The van der Waals surface area contributed by atoms with Crippen LogP contribution < -0.4 is 66.0 Å². The predicted octanol–water partition coefficient (Wildman–Crippen LogP) is -1.51. The zero-order valence-corrected chi connectivity index (χ0v) is 12.8. The summed E-state index contributed by atoms with van der Waals surface area (Å²) in [6.45, 7) is 0.371. The fourth-order valence-electron chi connectivity index (χ4n) is 1.70. The van der Waals surface area contributed by atoms with Gasteiger partial charge in [0.1, 0.15) is 0 Å². The molecule has 0 radical (unpaired) electrons. The summed E-state index contributed by atoms with van der Waals surface area (Å²) in [7, 11) is 0. The van der Waals surface area contributed by atoms with E-state index < -0.39 is 0 Å². The molecule has 1 aliphatic heterocycles. The van der Waals surface area contributed by atoms with Gasteiger partial charge >= 0.3 is 51.4 Å². The number of ether oxygens (including phenoxy) is 2. The van der Waals surface area contributed by atoms with Gasteiger partial charge in [-0.2, -0.15) is 0 Å². The summed E-state index contributed by atoms with van der Waals surface area (Å²) < 4.78 is 10.5. The molecule has 3 nitrogen and oxygen atoms in total. The molecule has 0 atom stereocenters. The molecule has 0 saturated carbocycles. The van der Waals surface area contributed by atoms with E-state index in [2.05, 4.69) is 6.07 Å². The Bertz CT molecular complexity index is 328. The zero-order valence-electron chi connectivity index (χ0n) is 9.70. The minimum atomic E-state index is 0. The van der Waals surface area contributed by atoms with Gasteiger partial charge in [0.15, 0.2) is 11.5 Å². The van der Waals surface area contributed by atoms with Crippen molar-refractivity contribution in [1.82, 2.24) is 0 Å². The van der Waals surface area contributed by atoms with Gasteiger partial charge in [-0.05, 0) is 30.5 Å². The van der Waals surface area contributed by atoms with Crippen LogP contribution in [0.15, 0.2) is 18.2 Å². The van der Waals surface area contributed by atoms with Gasteiger partial charge in [-0.25, -0.2) is 0 Å². The first-order valence-corrected chi connectivity index (χ1v) is 5.37. The van der Waals surface area contributed by atoms with E-state index in [9.17, 15) is 5.11 Å². The summed E-state index contributed by atoms with van der Waals surface area (Å²) >= 11 is 0. The molecule has 0 bridgehead atoms. The van der Waals surface area contributed by atoms with E-state index in [1.807, 2.05) is 12.1 Å². The molecule has 0 spiro atoms. The van der Waals surface area contributed by atoms with Gasteiger partial charge in [0, 0.05) is 0 Å². The Hall–Kier alpha value is 0.416. The molecule has 4 heteroatoms. The number of unbranched alkanes of at least 4 members (excludes halogenated alkanes) is 2. The molecule has 0 N–H and O–H groups in total. The standard InChI is InChI=1S/C12H15O3.K/c13-7-3-1-2-4-10-5-6-11-12(8-10)15-9-14-11;/h5-6,8H,1-4,7,9H2;/q-1;+1. The van der Waals surface area contributed by atoms with Crippen LogP contribution in [0.2, 0.25) is 0 Å². The van der Waals surface area contributed by atoms with E-state index in [0.29, 0.717) is 6.79 Å². The summed E-state index contributed by atoms with van der Waals surface area (Å²) in [4.78, 5) is 0. The molecular formula is C12H15KO3. The van der Waals surface area contributed by atoms with E-state index in [4.69, 9.17) is 9.47 Å². The monoisotopic (exact) mass is 246 g/mol. The Labute approximate surface area is 139 Å². The number of hydrogen-bond acceptors (Lipinski definition) is 3. The van der Waals surface area contributed by atoms with E-state index >= 15 is 0 Å². The molecule has 0 aromatic heterocycles. The zero-order chi connectivity index (χ0) is 10.5. The van der Waals surface area contributed by atoms with Crippen molar-refractivity contribution in [2.45, 2.75) is 25.7 Å². The number of hydrogen-bond donors (Lipinski definition) is 0. The Morgan fingerprint density at radius 1 is 1.06 bits per heavy atom. The van der Waals surface area contributed by atoms with E-state index in [1.54, 1.807) is 0 Å². The van der Waals surface area contributed by atoms with Gasteiger partial charge in [0.05, 0.1) is 0 Å². The Morgan fingerprint density at radius 3 is 2.69 bits per heavy atom. The van der Waals surface area contributed by atoms with Gasteiger partial charge in [-0.15, -0.1) is 6.61 Å². The van der Waals surface area contributed by atoms with Crippen molar-refractivity contribution in [2.75, 3.05) is 13.4 Å². The van der Waals surface area contributed by atoms with Crippen LogP contribution in [0.5, 0.6) is 11.5 Å². The topological polar surface area (TPSA) is 41.5 Å². The van der Waals surface area contributed by atoms with Crippen LogP contribution >= 0.6 is 0 Å². The SMILES string of the molecule is [K+].[O-]CCCCCc1ccc2c(c1)OCO2. The first-order chi connectivity index (χ1) is 7.40. The summed E-state index contributed by atoms with van der Waals surface area (Å²) in [5, 5.41) is 10.3. The smallest absolute Gasteiger partial charge is 0.854 e. The van der Waals surface area contributed by atoms with Crippen LogP contribution in [-0.2, 0) is 6.42 Å². The fourth-order valence-corrected chi connectivity index (χ4v) is 1.70. The second-order valence-electron chi connectivity index (χ2n) is 3.70. The molecular weight excluding hydrogens is 231 g/mol. The molecule has 0 aliphatic carbocycles. The Kier molecular flexibility index (Phi) is 6.96. The van der Waals surface area contributed by atoms with Crippen molar-refractivity contribution in [3.63, 3.8) is 0 Å². The predicted molar refractivity (Wildman–Crippen MR) is 55.0 cm³/mol. The third-order valence-electron chi connectivity index (χ3n) is 2.55. The van der Waals surface area contributed by atoms with Gasteiger partial charge in [-0.1, -0.05) is 18.9 Å². The molecule has 1 aliphatic rings. The van der Waals surface area contributed by atoms with E-state index in [0.717, 1.165) is 37.2 Å². The van der Waals surface area contributed by atoms with Crippen molar-refractivity contribution in [3.8, 4) is 11.5 Å². The fraction of sp³-hybridized carbons (Fsp3) is 0.500. The van der Waals surface area contributed by atoms with Crippen LogP contribution in [0.1, 0.15) is 24.8 Å². The molecule has 82 valence electrons. The number of fused-ring (bicyclic) bond motifs is 1. The first-order valence-electron chi connectivity index (χ1n) is 5.37. The summed E-state index contributed by atoms with van der Waals surface area (Å²) in [6.07, 6.45) is 3.88. The molecule has 0 amide bonds. The number of benzene rings is 1. The van der Waals surface area contributed by atoms with Crippen molar-refractivity contribution in [2.24, 2.45) is 0 Å². The van der Waals surface area contributed by atoms with Gasteiger partial charge in [-0.3, -0.25) is 0 Å². The minimum Gasteiger partial charge on any atom is -0.854 e. The average Bonchev–Trinajstić information content (AvgIpc) is 2.71. The summed E-state index contributed by atoms with van der Waals surface area (Å²) in [5.74, 6) is 1.68. The molecule has 0 fully saturated rings. The normalized spacial score (nSPS) is 12.3. The van der Waals surface area contributed by atoms with Gasteiger partial charge in [0.2, 0.25) is 6.79 Å². The van der Waals surface area contributed by atoms with E-state index in [-0.39, 0.29) is 58.0 Å². The van der Waals surface area contributed by atoms with Crippen molar-refractivity contribution in [1.29, 1.82) is 0 Å². The maximum atomic E-state index is 10.3. The molecule has 16 heavy (non-hydrogen) atoms. The average molecular weight is 246 g/mol. The molecule has 0 saturated heterocycles. The molecule has 2 rings (SSSR count). The van der Waals surface area contributed by atoms with Crippen molar-refractivity contribution >= 4 is 0 Å². The van der Waals surface area contributed by atoms with Crippen LogP contribution in [0.4, 0.5) is 0 Å². The Morgan fingerprint density at radius 2 is 1.88 bits per heavy atom.